The molecule has 1 aromatic carbocycles. The van der Waals surface area contributed by atoms with Crippen molar-refractivity contribution in [3.8, 4) is 0 Å². The van der Waals surface area contributed by atoms with Crippen LogP contribution in [0.5, 0.6) is 0 Å². The van der Waals surface area contributed by atoms with Crippen molar-refractivity contribution < 1.29 is 4.79 Å². The summed E-state index contributed by atoms with van der Waals surface area (Å²) in [7, 11) is 0. The molecule has 8 heteroatoms. The number of nitrogens with zero attached hydrogens (tertiary/aromatic N) is 5. The molecule has 144 valence electrons. The van der Waals surface area contributed by atoms with Crippen LogP contribution in [0.1, 0.15) is 47.8 Å². The molecule has 1 atom stereocenters. The molecule has 1 unspecified atom stereocenters. The Labute approximate surface area is 167 Å². The Hall–Kier alpha value is -2.67. The van der Waals surface area contributed by atoms with E-state index in [4.69, 9.17) is 16.7 Å². The van der Waals surface area contributed by atoms with Crippen LogP contribution in [0.2, 0.25) is 5.02 Å². The van der Waals surface area contributed by atoms with Crippen LogP contribution in [0, 0.1) is 0 Å². The summed E-state index contributed by atoms with van der Waals surface area (Å²) < 4.78 is 1.88. The van der Waals surface area contributed by atoms with Crippen molar-refractivity contribution in [2.24, 2.45) is 0 Å². The van der Waals surface area contributed by atoms with Crippen molar-refractivity contribution >= 4 is 29.0 Å². The molecule has 0 radical (unpaired) electrons. The first kappa shape index (κ1) is 17.4. The van der Waals surface area contributed by atoms with E-state index in [1.165, 1.54) is 0 Å². The van der Waals surface area contributed by atoms with Gasteiger partial charge in [0.2, 0.25) is 0 Å². The van der Waals surface area contributed by atoms with Gasteiger partial charge in [-0.2, -0.15) is 4.52 Å². The zero-order valence-electron chi connectivity index (χ0n) is 15.4. The van der Waals surface area contributed by atoms with Gasteiger partial charge in [-0.1, -0.05) is 17.7 Å². The van der Waals surface area contributed by atoms with Crippen LogP contribution in [0.4, 0.5) is 5.82 Å². The number of nitrogens with one attached hydrogen (secondary N) is 1. The Morgan fingerprint density at radius 3 is 2.86 bits per heavy atom. The normalized spacial score (nSPS) is 19.8. The van der Waals surface area contributed by atoms with E-state index in [0.29, 0.717) is 16.5 Å². The molecule has 2 aliphatic rings. The van der Waals surface area contributed by atoms with E-state index in [1.54, 1.807) is 24.3 Å². The zero-order chi connectivity index (χ0) is 19.1. The van der Waals surface area contributed by atoms with Gasteiger partial charge in [-0.15, -0.1) is 15.3 Å². The van der Waals surface area contributed by atoms with Gasteiger partial charge in [0.05, 0.1) is 0 Å². The highest BCUT2D eigenvalue weighted by molar-refractivity contribution is 6.30. The average Bonchev–Trinajstić information content (AvgIpc) is 3.47. The maximum atomic E-state index is 12.6. The summed E-state index contributed by atoms with van der Waals surface area (Å²) in [6.45, 7) is 1.65. The molecule has 1 N–H and O–H groups in total. The minimum absolute atomic E-state index is 0.0709. The second kappa shape index (κ2) is 7.05. The highest BCUT2D eigenvalue weighted by Gasteiger charge is 2.30. The topological polar surface area (TPSA) is 75.4 Å². The predicted octanol–water partition coefficient (Wildman–Crippen LogP) is 3.05. The molecular formula is C20H21ClN6O. The minimum atomic E-state index is -0.0902. The standard InChI is InChI=1S/C20H21ClN6O/c21-15-4-1-3-14(11-15)20(28)22-16-5-2-10-26(12-16)18-9-8-17-23-24-19(13-6-7-13)27(17)25-18/h1,3-4,8-9,11,13,16H,2,5-7,10,12H2,(H,22,28). The SMILES string of the molecule is O=C(NC1CCCN(c2ccc3nnc(C4CC4)n3n2)C1)c1cccc(Cl)c1. The van der Waals surface area contributed by atoms with Crippen LogP contribution in [0.25, 0.3) is 5.65 Å². The van der Waals surface area contributed by atoms with Gasteiger partial charge in [-0.3, -0.25) is 4.79 Å². The van der Waals surface area contributed by atoms with Gasteiger partial charge in [0.15, 0.2) is 11.5 Å². The molecule has 3 aromatic rings. The Bertz CT molecular complexity index is 1030. The minimum Gasteiger partial charge on any atom is -0.353 e. The van der Waals surface area contributed by atoms with Gasteiger partial charge >= 0.3 is 0 Å². The second-order valence-corrected chi connectivity index (χ2v) is 8.00. The van der Waals surface area contributed by atoms with Crippen molar-refractivity contribution in [3.63, 3.8) is 0 Å². The average molecular weight is 397 g/mol. The number of hydrogen-bond donors (Lipinski definition) is 1. The van der Waals surface area contributed by atoms with Gasteiger partial charge in [-0.25, -0.2) is 0 Å². The number of carbonyl (C=O) groups excluding carboxylic acids is 1. The number of carbonyl (C=O) groups is 1. The summed E-state index contributed by atoms with van der Waals surface area (Å²) in [4.78, 5) is 14.8. The second-order valence-electron chi connectivity index (χ2n) is 7.56. The van der Waals surface area contributed by atoms with E-state index in [1.807, 2.05) is 16.6 Å². The van der Waals surface area contributed by atoms with Crippen molar-refractivity contribution in [3.05, 3.63) is 52.8 Å². The smallest absolute Gasteiger partial charge is 0.251 e. The van der Waals surface area contributed by atoms with Crippen LogP contribution < -0.4 is 10.2 Å². The van der Waals surface area contributed by atoms with Gasteiger partial charge in [-0.05, 0) is 56.0 Å². The molecule has 3 heterocycles. The maximum absolute atomic E-state index is 12.6. The Morgan fingerprint density at radius 1 is 1.14 bits per heavy atom. The fourth-order valence-electron chi connectivity index (χ4n) is 3.76. The molecular weight excluding hydrogens is 376 g/mol. The maximum Gasteiger partial charge on any atom is 0.251 e. The van der Waals surface area contributed by atoms with Crippen LogP contribution >= 0.6 is 11.6 Å². The van der Waals surface area contributed by atoms with Crippen molar-refractivity contribution in [1.29, 1.82) is 0 Å². The first-order chi connectivity index (χ1) is 13.7. The number of rotatable bonds is 4. The molecule has 0 spiro atoms. The van der Waals surface area contributed by atoms with E-state index in [-0.39, 0.29) is 11.9 Å². The molecule has 1 aliphatic heterocycles. The summed E-state index contributed by atoms with van der Waals surface area (Å²) >= 11 is 6.00. The van der Waals surface area contributed by atoms with E-state index >= 15 is 0 Å². The molecule has 1 saturated heterocycles. The number of amides is 1. The third-order valence-corrected chi connectivity index (χ3v) is 5.62. The zero-order valence-corrected chi connectivity index (χ0v) is 16.1. The van der Waals surface area contributed by atoms with Crippen molar-refractivity contribution in [2.45, 2.75) is 37.6 Å². The van der Waals surface area contributed by atoms with Crippen LogP contribution in [0.3, 0.4) is 0 Å². The molecule has 2 aromatic heterocycles. The summed E-state index contributed by atoms with van der Waals surface area (Å²) in [6.07, 6.45) is 4.27. The van der Waals surface area contributed by atoms with Gasteiger partial charge < -0.3 is 10.2 Å². The molecule has 28 heavy (non-hydrogen) atoms. The third-order valence-electron chi connectivity index (χ3n) is 5.38. The molecule has 1 amide bonds. The van der Waals surface area contributed by atoms with E-state index in [2.05, 4.69) is 20.4 Å². The largest absolute Gasteiger partial charge is 0.353 e. The van der Waals surface area contributed by atoms with Crippen molar-refractivity contribution in [2.75, 3.05) is 18.0 Å². The lowest BCUT2D eigenvalue weighted by Crippen LogP contribution is -2.48. The van der Waals surface area contributed by atoms with Gasteiger partial charge in [0, 0.05) is 35.6 Å². The summed E-state index contributed by atoms with van der Waals surface area (Å²) in [5.74, 6) is 2.26. The van der Waals surface area contributed by atoms with E-state index < -0.39 is 0 Å². The van der Waals surface area contributed by atoms with Crippen LogP contribution in [-0.2, 0) is 0 Å². The lowest BCUT2D eigenvalue weighted by molar-refractivity contribution is 0.0933. The molecule has 0 bridgehead atoms. The molecule has 1 aliphatic carbocycles. The number of piperidine rings is 1. The molecule has 1 saturated carbocycles. The highest BCUT2D eigenvalue weighted by atomic mass is 35.5. The number of halogens is 1. The van der Waals surface area contributed by atoms with Crippen molar-refractivity contribution in [1.82, 2.24) is 25.1 Å². The third kappa shape index (κ3) is 3.42. The lowest BCUT2D eigenvalue weighted by atomic mass is 10.0. The monoisotopic (exact) mass is 396 g/mol. The number of benzene rings is 1. The number of aromatic nitrogens is 4. The van der Waals surface area contributed by atoms with Crippen LogP contribution in [-0.4, -0.2) is 44.8 Å². The predicted molar refractivity (Wildman–Crippen MR) is 107 cm³/mol. The summed E-state index contributed by atoms with van der Waals surface area (Å²) in [6, 6.07) is 11.1. The molecule has 7 nitrogen and oxygen atoms in total. The van der Waals surface area contributed by atoms with E-state index in [0.717, 1.165) is 56.1 Å². The summed E-state index contributed by atoms with van der Waals surface area (Å²) in [5, 5.41) is 17.0. The lowest BCUT2D eigenvalue weighted by Gasteiger charge is -2.33. The quantitative estimate of drug-likeness (QED) is 0.733. The summed E-state index contributed by atoms with van der Waals surface area (Å²) in [5.41, 5.74) is 1.37. The number of hydrogen-bond acceptors (Lipinski definition) is 5. The number of anilines is 1. The Balaban J connectivity index is 1.32. The first-order valence-corrected chi connectivity index (χ1v) is 10.1. The van der Waals surface area contributed by atoms with Gasteiger partial charge in [0.25, 0.3) is 5.91 Å². The number of fused-ring (bicyclic) bond motifs is 1. The fraction of sp³-hybridized carbons (Fsp3) is 0.400. The first-order valence-electron chi connectivity index (χ1n) is 9.71. The van der Waals surface area contributed by atoms with Crippen LogP contribution in [0.15, 0.2) is 36.4 Å². The fourth-order valence-corrected chi connectivity index (χ4v) is 3.95. The molecule has 5 rings (SSSR count). The molecule has 2 fully saturated rings. The van der Waals surface area contributed by atoms with E-state index in [9.17, 15) is 4.79 Å². The Kier molecular flexibility index (Phi) is 4.39. The Morgan fingerprint density at radius 2 is 2.04 bits per heavy atom. The highest BCUT2D eigenvalue weighted by Crippen LogP contribution is 2.38. The van der Waals surface area contributed by atoms with Gasteiger partial charge in [0.1, 0.15) is 5.82 Å².